The molecule has 118 valence electrons. The van der Waals surface area contributed by atoms with Gasteiger partial charge in [-0.15, -0.1) is 0 Å². The first-order valence-electron chi connectivity index (χ1n) is 7.96. The number of likely N-dealkylation sites (tertiary alicyclic amines) is 1. The van der Waals surface area contributed by atoms with Crippen LogP contribution in [-0.2, 0) is 16.1 Å². The number of aliphatic hydroxyl groups is 1. The fourth-order valence-electron chi connectivity index (χ4n) is 3.29. The predicted octanol–water partition coefficient (Wildman–Crippen LogP) is 1.46. The van der Waals surface area contributed by atoms with Gasteiger partial charge < -0.3 is 14.9 Å². The van der Waals surface area contributed by atoms with E-state index in [0.717, 1.165) is 24.1 Å². The molecule has 1 atom stereocenters. The molecule has 0 bridgehead atoms. The zero-order valence-corrected chi connectivity index (χ0v) is 12.7. The Morgan fingerprint density at radius 2 is 2.14 bits per heavy atom. The smallest absolute Gasteiger partial charge is 0.223 e. The van der Waals surface area contributed by atoms with Gasteiger partial charge in [0.25, 0.3) is 0 Å². The van der Waals surface area contributed by atoms with Crippen LogP contribution in [0, 0.1) is 0 Å². The van der Waals surface area contributed by atoms with Gasteiger partial charge in [-0.1, -0.05) is 24.3 Å². The van der Waals surface area contributed by atoms with Crippen molar-refractivity contribution in [2.75, 3.05) is 19.6 Å². The fraction of sp³-hybridized carbons (Fsp3) is 0.529. The van der Waals surface area contributed by atoms with Crippen molar-refractivity contribution in [3.63, 3.8) is 0 Å². The Morgan fingerprint density at radius 3 is 2.91 bits per heavy atom. The molecule has 0 aliphatic carbocycles. The number of nitrogens with zero attached hydrogens (tertiary/aromatic N) is 2. The molecule has 1 saturated heterocycles. The highest BCUT2D eigenvalue weighted by Gasteiger charge is 2.26. The van der Waals surface area contributed by atoms with E-state index in [0.29, 0.717) is 38.9 Å². The zero-order valence-electron chi connectivity index (χ0n) is 12.7. The number of carbonyl (C=O) groups is 2. The number of hydrogen-bond acceptors (Lipinski definition) is 3. The van der Waals surface area contributed by atoms with Crippen LogP contribution in [0.5, 0.6) is 0 Å². The zero-order chi connectivity index (χ0) is 15.5. The third kappa shape index (κ3) is 3.14. The predicted molar refractivity (Wildman–Crippen MR) is 81.9 cm³/mol. The second-order valence-electron chi connectivity index (χ2n) is 6.08. The van der Waals surface area contributed by atoms with E-state index in [2.05, 4.69) is 0 Å². The van der Waals surface area contributed by atoms with Crippen LogP contribution < -0.4 is 0 Å². The van der Waals surface area contributed by atoms with Gasteiger partial charge >= 0.3 is 0 Å². The second-order valence-corrected chi connectivity index (χ2v) is 6.08. The van der Waals surface area contributed by atoms with Crippen LogP contribution in [0.3, 0.4) is 0 Å². The van der Waals surface area contributed by atoms with Gasteiger partial charge in [0.05, 0.1) is 12.6 Å². The molecule has 0 saturated carbocycles. The lowest BCUT2D eigenvalue weighted by molar-refractivity contribution is -0.135. The van der Waals surface area contributed by atoms with Crippen molar-refractivity contribution < 1.29 is 14.7 Å². The van der Waals surface area contributed by atoms with Crippen molar-refractivity contribution in [3.05, 3.63) is 35.4 Å². The van der Waals surface area contributed by atoms with Crippen molar-refractivity contribution >= 4 is 11.8 Å². The van der Waals surface area contributed by atoms with Gasteiger partial charge in [0, 0.05) is 32.5 Å². The van der Waals surface area contributed by atoms with Crippen molar-refractivity contribution in [2.45, 2.75) is 38.3 Å². The van der Waals surface area contributed by atoms with Gasteiger partial charge in [-0.05, 0) is 24.0 Å². The van der Waals surface area contributed by atoms with Gasteiger partial charge in [0.15, 0.2) is 0 Å². The van der Waals surface area contributed by atoms with Crippen LogP contribution in [-0.4, -0.2) is 46.4 Å². The Hall–Kier alpha value is -1.88. The molecule has 3 rings (SSSR count). The van der Waals surface area contributed by atoms with Gasteiger partial charge in [-0.3, -0.25) is 9.59 Å². The number of rotatable bonds is 4. The van der Waals surface area contributed by atoms with Crippen LogP contribution in [0.4, 0.5) is 0 Å². The summed E-state index contributed by atoms with van der Waals surface area (Å²) in [6.45, 7) is 2.41. The van der Waals surface area contributed by atoms with E-state index in [-0.39, 0.29) is 11.8 Å². The molecular formula is C17H22N2O3. The summed E-state index contributed by atoms with van der Waals surface area (Å²) >= 11 is 0. The lowest BCUT2D eigenvalue weighted by Gasteiger charge is -2.32. The number of benzene rings is 1. The Bertz CT molecular complexity index is 573. The molecule has 2 aliphatic rings. The molecule has 0 unspecified atom stereocenters. The SMILES string of the molecule is O=C1CCCN1CCCC(=O)N1Cc2ccccc2[C@@H](O)C1. The summed E-state index contributed by atoms with van der Waals surface area (Å²) in [7, 11) is 0. The first-order valence-corrected chi connectivity index (χ1v) is 7.96. The Labute approximate surface area is 130 Å². The molecule has 1 aromatic rings. The maximum absolute atomic E-state index is 12.3. The third-order valence-corrected chi connectivity index (χ3v) is 4.51. The summed E-state index contributed by atoms with van der Waals surface area (Å²) in [5.74, 6) is 0.259. The second kappa shape index (κ2) is 6.48. The highest BCUT2D eigenvalue weighted by molar-refractivity contribution is 5.78. The van der Waals surface area contributed by atoms with Crippen LogP contribution >= 0.6 is 0 Å². The number of aliphatic hydroxyl groups excluding tert-OH is 1. The van der Waals surface area contributed by atoms with Crippen LogP contribution in [0.15, 0.2) is 24.3 Å². The van der Waals surface area contributed by atoms with Crippen molar-refractivity contribution in [3.8, 4) is 0 Å². The molecule has 5 heteroatoms. The molecule has 1 N–H and O–H groups in total. The van der Waals surface area contributed by atoms with Gasteiger partial charge in [-0.25, -0.2) is 0 Å². The van der Waals surface area contributed by atoms with E-state index in [4.69, 9.17) is 0 Å². The topological polar surface area (TPSA) is 60.9 Å². The summed E-state index contributed by atoms with van der Waals surface area (Å²) in [6.07, 6.45) is 2.09. The molecule has 0 aromatic heterocycles. The first-order chi connectivity index (χ1) is 10.6. The van der Waals surface area contributed by atoms with E-state index in [1.807, 2.05) is 29.2 Å². The van der Waals surface area contributed by atoms with Crippen LogP contribution in [0.2, 0.25) is 0 Å². The van der Waals surface area contributed by atoms with E-state index < -0.39 is 6.10 Å². The van der Waals surface area contributed by atoms with Gasteiger partial charge in [-0.2, -0.15) is 0 Å². The van der Waals surface area contributed by atoms with Crippen LogP contribution in [0.25, 0.3) is 0 Å². The minimum atomic E-state index is -0.603. The van der Waals surface area contributed by atoms with Gasteiger partial charge in [0.2, 0.25) is 11.8 Å². The van der Waals surface area contributed by atoms with Gasteiger partial charge in [0.1, 0.15) is 0 Å². The maximum atomic E-state index is 12.3. The normalized spacial score (nSPS) is 21.1. The van der Waals surface area contributed by atoms with E-state index in [1.165, 1.54) is 0 Å². The summed E-state index contributed by atoms with van der Waals surface area (Å²) in [6, 6.07) is 7.72. The van der Waals surface area contributed by atoms with Crippen molar-refractivity contribution in [1.29, 1.82) is 0 Å². The van der Waals surface area contributed by atoms with E-state index in [9.17, 15) is 14.7 Å². The fourth-order valence-corrected chi connectivity index (χ4v) is 3.29. The largest absolute Gasteiger partial charge is 0.387 e. The molecule has 2 amide bonds. The third-order valence-electron chi connectivity index (χ3n) is 4.51. The molecule has 5 nitrogen and oxygen atoms in total. The minimum absolute atomic E-state index is 0.0557. The number of carbonyl (C=O) groups excluding carboxylic acids is 2. The Balaban J connectivity index is 1.52. The monoisotopic (exact) mass is 302 g/mol. The number of β-amino-alcohol motifs (C(OH)–C–C–N with tert-alkyl or cyclic N) is 1. The minimum Gasteiger partial charge on any atom is -0.387 e. The molecular weight excluding hydrogens is 280 g/mol. The summed E-state index contributed by atoms with van der Waals surface area (Å²) < 4.78 is 0. The molecule has 1 fully saturated rings. The number of amides is 2. The number of hydrogen-bond donors (Lipinski definition) is 1. The molecule has 1 aromatic carbocycles. The van der Waals surface area contributed by atoms with Crippen LogP contribution in [0.1, 0.15) is 42.9 Å². The lowest BCUT2D eigenvalue weighted by Crippen LogP contribution is -2.38. The highest BCUT2D eigenvalue weighted by Crippen LogP contribution is 2.26. The quantitative estimate of drug-likeness (QED) is 0.916. The molecule has 2 aliphatic heterocycles. The molecule has 22 heavy (non-hydrogen) atoms. The Kier molecular flexibility index (Phi) is 4.43. The molecule has 0 radical (unpaired) electrons. The standard InChI is InChI=1S/C17H22N2O3/c20-15-12-19(11-13-5-1-2-6-14(13)15)17(22)8-4-10-18-9-3-7-16(18)21/h1-2,5-6,15,20H,3-4,7-12H2/t15-/m0/s1. The highest BCUT2D eigenvalue weighted by atomic mass is 16.3. The Morgan fingerprint density at radius 1 is 1.32 bits per heavy atom. The summed E-state index contributed by atoms with van der Waals surface area (Å²) in [5, 5.41) is 10.2. The van der Waals surface area contributed by atoms with Crippen molar-refractivity contribution in [1.82, 2.24) is 9.80 Å². The van der Waals surface area contributed by atoms with E-state index in [1.54, 1.807) is 4.90 Å². The van der Waals surface area contributed by atoms with E-state index >= 15 is 0 Å². The molecule has 0 spiro atoms. The number of fused-ring (bicyclic) bond motifs is 1. The van der Waals surface area contributed by atoms with Crippen molar-refractivity contribution in [2.24, 2.45) is 0 Å². The maximum Gasteiger partial charge on any atom is 0.223 e. The lowest BCUT2D eigenvalue weighted by atomic mass is 9.97. The first kappa shape index (κ1) is 15.0. The average molecular weight is 302 g/mol. The summed E-state index contributed by atoms with van der Waals surface area (Å²) in [5.41, 5.74) is 1.94. The summed E-state index contributed by atoms with van der Waals surface area (Å²) in [4.78, 5) is 27.4. The average Bonchev–Trinajstić information content (AvgIpc) is 2.92. The molecule has 2 heterocycles.